The van der Waals surface area contributed by atoms with Gasteiger partial charge in [-0.15, -0.1) is 0 Å². The number of carbonyl (C=O) groups is 1. The molecule has 2 aromatic rings. The number of aryl methyl sites for hydroxylation is 3. The average molecular weight is 508 g/mol. The van der Waals surface area contributed by atoms with Crippen molar-refractivity contribution in [3.05, 3.63) is 57.8 Å². The largest absolute Gasteiger partial charge is 0.480 e. The minimum Gasteiger partial charge on any atom is -0.480 e. The molecule has 0 spiro atoms. The number of likely N-dealkylation sites (tertiary alicyclic amines) is 1. The van der Waals surface area contributed by atoms with Gasteiger partial charge in [0.05, 0.1) is 18.3 Å². The van der Waals surface area contributed by atoms with Crippen molar-refractivity contribution in [2.75, 3.05) is 38.2 Å². The maximum atomic E-state index is 12.4. The molecule has 1 aromatic heterocycles. The number of fused-ring (bicyclic) bond motifs is 2. The van der Waals surface area contributed by atoms with Crippen molar-refractivity contribution in [1.29, 1.82) is 0 Å². The fraction of sp³-hybridized carbons (Fsp3) is 0.600. The zero-order valence-electron chi connectivity index (χ0n) is 22.5. The lowest BCUT2D eigenvalue weighted by molar-refractivity contribution is -0.151. The second-order valence-electron chi connectivity index (χ2n) is 11.3. The van der Waals surface area contributed by atoms with Crippen molar-refractivity contribution in [2.45, 2.75) is 83.5 Å². The van der Waals surface area contributed by atoms with Gasteiger partial charge in [-0.05, 0) is 87.6 Å². The van der Waals surface area contributed by atoms with E-state index in [1.807, 2.05) is 31.7 Å². The Hall–Kier alpha value is -2.48. The van der Waals surface area contributed by atoms with Crippen LogP contribution >= 0.6 is 0 Å². The van der Waals surface area contributed by atoms with E-state index in [9.17, 15) is 9.90 Å². The normalized spacial score (nSPS) is 19.9. The first-order chi connectivity index (χ1) is 17.8. The number of pyridine rings is 1. The number of hydrogen-bond donors (Lipinski definition) is 2. The van der Waals surface area contributed by atoms with Crippen LogP contribution in [0.25, 0.3) is 0 Å². The Bertz CT molecular complexity index is 1130. The molecular formula is C30H41N3O4. The fourth-order valence-electron chi connectivity index (χ4n) is 6.14. The van der Waals surface area contributed by atoms with Crippen LogP contribution in [0.15, 0.2) is 24.3 Å². The number of hydrogen-bond acceptors (Lipinski definition) is 6. The molecule has 1 saturated heterocycles. The van der Waals surface area contributed by atoms with Crippen molar-refractivity contribution < 1.29 is 19.4 Å². The average Bonchev–Trinajstić information content (AvgIpc) is 2.83. The highest BCUT2D eigenvalue weighted by molar-refractivity contribution is 5.77. The van der Waals surface area contributed by atoms with E-state index in [4.69, 9.17) is 14.5 Å². The van der Waals surface area contributed by atoms with Crippen LogP contribution in [-0.2, 0) is 39.1 Å². The smallest absolute Gasteiger partial charge is 0.325 e. The minimum absolute atomic E-state index is 0.0973. The molecule has 1 atom stereocenters. The molecule has 0 radical (unpaired) electrons. The second kappa shape index (κ2) is 11.1. The van der Waals surface area contributed by atoms with Gasteiger partial charge in [-0.2, -0.15) is 0 Å². The van der Waals surface area contributed by atoms with Gasteiger partial charge < -0.3 is 19.9 Å². The van der Waals surface area contributed by atoms with Gasteiger partial charge >= 0.3 is 5.97 Å². The number of carboxylic acids is 1. The maximum Gasteiger partial charge on any atom is 0.325 e. The summed E-state index contributed by atoms with van der Waals surface area (Å²) in [4.78, 5) is 19.3. The lowest BCUT2D eigenvalue weighted by Crippen LogP contribution is -2.55. The number of anilines is 1. The summed E-state index contributed by atoms with van der Waals surface area (Å²) in [5, 5.41) is 13.6. The number of ether oxygens (including phenoxy) is 2. The molecule has 3 aliphatic rings. The van der Waals surface area contributed by atoms with Crippen molar-refractivity contribution in [3.8, 4) is 0 Å². The first kappa shape index (κ1) is 26.1. The topological polar surface area (TPSA) is 83.9 Å². The molecule has 1 unspecified atom stereocenters. The van der Waals surface area contributed by atoms with E-state index in [0.717, 1.165) is 79.9 Å². The van der Waals surface area contributed by atoms with Gasteiger partial charge in [-0.1, -0.05) is 30.2 Å². The Labute approximate surface area is 220 Å². The van der Waals surface area contributed by atoms with Crippen LogP contribution in [-0.4, -0.2) is 59.9 Å². The van der Waals surface area contributed by atoms with Gasteiger partial charge in [0.15, 0.2) is 0 Å². The summed E-state index contributed by atoms with van der Waals surface area (Å²) >= 11 is 0. The molecule has 7 heteroatoms. The van der Waals surface area contributed by atoms with E-state index in [1.54, 1.807) is 0 Å². The summed E-state index contributed by atoms with van der Waals surface area (Å²) in [6, 6.07) is 7.94. The van der Waals surface area contributed by atoms with Gasteiger partial charge in [0, 0.05) is 31.9 Å². The SMILES string of the molecule is Cc1cc2c(c(C(C(=O)O)N3CC(OCCCCCc4ccc5c(n4)NCCC5)C3)c1)C(C)(C)OCC2. The van der Waals surface area contributed by atoms with Crippen LogP contribution in [0, 0.1) is 6.92 Å². The highest BCUT2D eigenvalue weighted by Crippen LogP contribution is 2.41. The van der Waals surface area contributed by atoms with Crippen molar-refractivity contribution in [1.82, 2.24) is 9.88 Å². The van der Waals surface area contributed by atoms with Crippen LogP contribution in [0.5, 0.6) is 0 Å². The molecule has 7 nitrogen and oxygen atoms in total. The molecule has 0 bridgehead atoms. The highest BCUT2D eigenvalue weighted by Gasteiger charge is 2.42. The van der Waals surface area contributed by atoms with Crippen LogP contribution in [0.4, 0.5) is 5.82 Å². The summed E-state index contributed by atoms with van der Waals surface area (Å²) in [5.74, 6) is 0.266. The van der Waals surface area contributed by atoms with Crippen molar-refractivity contribution in [3.63, 3.8) is 0 Å². The molecule has 1 fully saturated rings. The van der Waals surface area contributed by atoms with Crippen molar-refractivity contribution >= 4 is 11.8 Å². The number of aromatic nitrogens is 1. The van der Waals surface area contributed by atoms with Crippen LogP contribution in [0.3, 0.4) is 0 Å². The Kier molecular flexibility index (Phi) is 7.84. The van der Waals surface area contributed by atoms with Gasteiger partial charge in [-0.25, -0.2) is 4.98 Å². The molecule has 37 heavy (non-hydrogen) atoms. The number of benzene rings is 1. The van der Waals surface area contributed by atoms with E-state index in [0.29, 0.717) is 19.7 Å². The number of nitrogens with zero attached hydrogens (tertiary/aromatic N) is 2. The third-order valence-electron chi connectivity index (χ3n) is 7.98. The molecule has 3 aliphatic heterocycles. The molecular weight excluding hydrogens is 466 g/mol. The van der Waals surface area contributed by atoms with Gasteiger partial charge in [0.2, 0.25) is 0 Å². The first-order valence-corrected chi connectivity index (χ1v) is 13.9. The molecule has 200 valence electrons. The second-order valence-corrected chi connectivity index (χ2v) is 11.3. The first-order valence-electron chi connectivity index (χ1n) is 13.9. The standard InChI is InChI=1S/C30H41N3O4/c1-20-16-22-12-15-37-30(2,3)26(22)25(17-20)27(29(34)35)33-18-24(19-33)36-14-6-4-5-9-23-11-10-21-8-7-13-31-28(21)32-23/h10-11,16-17,24,27H,4-9,12-15,18-19H2,1-3H3,(H,31,32)(H,34,35). The molecule has 0 amide bonds. The Morgan fingerprint density at radius 1 is 1.22 bits per heavy atom. The predicted octanol–water partition coefficient (Wildman–Crippen LogP) is 4.80. The van der Waals surface area contributed by atoms with Crippen LogP contribution in [0.1, 0.15) is 79.1 Å². The van der Waals surface area contributed by atoms with E-state index in [2.05, 4.69) is 23.5 Å². The zero-order valence-corrected chi connectivity index (χ0v) is 22.5. The summed E-state index contributed by atoms with van der Waals surface area (Å²) in [6.45, 7) is 9.84. The van der Waals surface area contributed by atoms with E-state index < -0.39 is 17.6 Å². The Balaban J connectivity index is 1.09. The Morgan fingerprint density at radius 2 is 2.05 bits per heavy atom. The lowest BCUT2D eigenvalue weighted by atomic mass is 9.81. The van der Waals surface area contributed by atoms with Crippen molar-refractivity contribution in [2.24, 2.45) is 0 Å². The van der Waals surface area contributed by atoms with E-state index in [1.165, 1.54) is 17.5 Å². The maximum absolute atomic E-state index is 12.4. The molecule has 0 saturated carbocycles. The quantitative estimate of drug-likeness (QED) is 0.447. The molecule has 2 N–H and O–H groups in total. The fourth-order valence-corrected chi connectivity index (χ4v) is 6.14. The molecule has 5 rings (SSSR count). The van der Waals surface area contributed by atoms with Gasteiger partial charge in [0.1, 0.15) is 11.9 Å². The molecule has 0 aliphatic carbocycles. The number of aliphatic carboxylic acids is 1. The molecule has 1 aromatic carbocycles. The number of rotatable bonds is 10. The summed E-state index contributed by atoms with van der Waals surface area (Å²) in [7, 11) is 0. The van der Waals surface area contributed by atoms with Gasteiger partial charge in [0.25, 0.3) is 0 Å². The third-order valence-corrected chi connectivity index (χ3v) is 7.98. The lowest BCUT2D eigenvalue weighted by Gasteiger charge is -2.44. The summed E-state index contributed by atoms with van der Waals surface area (Å²) in [6.07, 6.45) is 7.44. The molecule has 4 heterocycles. The zero-order chi connectivity index (χ0) is 26.0. The highest BCUT2D eigenvalue weighted by atomic mass is 16.5. The minimum atomic E-state index is -0.807. The summed E-state index contributed by atoms with van der Waals surface area (Å²) in [5.41, 5.74) is 6.25. The van der Waals surface area contributed by atoms with E-state index >= 15 is 0 Å². The monoisotopic (exact) mass is 507 g/mol. The number of nitrogens with one attached hydrogen (secondary N) is 1. The van der Waals surface area contributed by atoms with Gasteiger partial charge in [-0.3, -0.25) is 9.69 Å². The van der Waals surface area contributed by atoms with E-state index in [-0.39, 0.29) is 6.10 Å². The number of carboxylic acid groups (broad SMARTS) is 1. The van der Waals surface area contributed by atoms with Crippen LogP contribution in [0.2, 0.25) is 0 Å². The third kappa shape index (κ3) is 5.84. The van der Waals surface area contributed by atoms with Crippen LogP contribution < -0.4 is 5.32 Å². The number of unbranched alkanes of at least 4 members (excludes halogenated alkanes) is 2. The Morgan fingerprint density at radius 3 is 2.86 bits per heavy atom. The predicted molar refractivity (Wildman–Crippen MR) is 144 cm³/mol. The summed E-state index contributed by atoms with van der Waals surface area (Å²) < 4.78 is 12.1.